The van der Waals surface area contributed by atoms with Crippen LogP contribution in [0.3, 0.4) is 0 Å². The van der Waals surface area contributed by atoms with Crippen molar-refractivity contribution in [3.63, 3.8) is 0 Å². The highest BCUT2D eigenvalue weighted by molar-refractivity contribution is 6.04. The molecule has 2 N–H and O–H groups in total. The van der Waals surface area contributed by atoms with E-state index in [4.69, 9.17) is 5.11 Å². The number of ether oxygens (including phenoxy) is 1. The molecule has 1 aliphatic heterocycles. The van der Waals surface area contributed by atoms with Crippen LogP contribution in [0.5, 0.6) is 0 Å². The van der Waals surface area contributed by atoms with Crippen molar-refractivity contribution in [2.45, 2.75) is 6.23 Å². The molecule has 1 aromatic carbocycles. The van der Waals surface area contributed by atoms with Crippen LogP contribution >= 0.6 is 0 Å². The summed E-state index contributed by atoms with van der Waals surface area (Å²) in [7, 11) is 0. The molecule has 2 rings (SSSR count). The molecule has 0 bridgehead atoms. The summed E-state index contributed by atoms with van der Waals surface area (Å²) in [6, 6.07) is 5.70. The first-order valence-corrected chi connectivity index (χ1v) is 5.67. The number of rotatable bonds is 4. The van der Waals surface area contributed by atoms with E-state index in [1.165, 1.54) is 36.4 Å². The summed E-state index contributed by atoms with van der Waals surface area (Å²) in [5.74, 6) is -2.38. The van der Waals surface area contributed by atoms with Gasteiger partial charge in [-0.25, -0.2) is 9.59 Å². The first-order chi connectivity index (χ1) is 9.49. The SMILES string of the molecule is O=C(O)COC(=O)c1ccc(N2C(=O)C=CC2O)cc1. The standard InChI is InChI=1S/C13H11NO6/c15-10-5-6-11(16)14(10)9-3-1-8(2-4-9)13(19)20-7-12(17)18/h1-6,10,15H,7H2,(H,17,18). The second-order valence-corrected chi connectivity index (χ2v) is 4.00. The van der Waals surface area contributed by atoms with Crippen LogP contribution in [0.1, 0.15) is 10.4 Å². The maximum Gasteiger partial charge on any atom is 0.341 e. The van der Waals surface area contributed by atoms with Crippen molar-refractivity contribution in [2.24, 2.45) is 0 Å². The summed E-state index contributed by atoms with van der Waals surface area (Å²) in [6.45, 7) is -0.714. The molecule has 1 heterocycles. The molecule has 0 saturated heterocycles. The third-order valence-corrected chi connectivity index (χ3v) is 2.62. The number of carboxylic acid groups (broad SMARTS) is 1. The topological polar surface area (TPSA) is 104 Å². The third-order valence-electron chi connectivity index (χ3n) is 2.62. The fraction of sp³-hybridized carbons (Fsp3) is 0.154. The summed E-state index contributed by atoms with van der Waals surface area (Å²) >= 11 is 0. The lowest BCUT2D eigenvalue weighted by molar-refractivity contribution is -0.140. The third kappa shape index (κ3) is 2.83. The predicted octanol–water partition coefficient (Wildman–Crippen LogP) is 0.149. The van der Waals surface area contributed by atoms with Crippen molar-refractivity contribution in [1.29, 1.82) is 0 Å². The summed E-state index contributed by atoms with van der Waals surface area (Å²) in [5, 5.41) is 18.0. The van der Waals surface area contributed by atoms with Gasteiger partial charge in [-0.1, -0.05) is 0 Å². The lowest BCUT2D eigenvalue weighted by atomic mass is 10.2. The number of carbonyl (C=O) groups excluding carboxylic acids is 2. The number of hydrogen-bond acceptors (Lipinski definition) is 5. The van der Waals surface area contributed by atoms with E-state index in [2.05, 4.69) is 4.74 Å². The van der Waals surface area contributed by atoms with E-state index in [9.17, 15) is 19.5 Å². The zero-order valence-corrected chi connectivity index (χ0v) is 10.2. The Morgan fingerprint density at radius 2 is 1.90 bits per heavy atom. The smallest absolute Gasteiger partial charge is 0.341 e. The second-order valence-electron chi connectivity index (χ2n) is 4.00. The van der Waals surface area contributed by atoms with Gasteiger partial charge in [0.25, 0.3) is 5.91 Å². The summed E-state index contributed by atoms with van der Waals surface area (Å²) in [5.41, 5.74) is 0.575. The maximum absolute atomic E-state index is 11.5. The molecule has 0 fully saturated rings. The van der Waals surface area contributed by atoms with Crippen molar-refractivity contribution in [3.05, 3.63) is 42.0 Å². The van der Waals surface area contributed by atoms with Gasteiger partial charge in [-0.3, -0.25) is 9.69 Å². The van der Waals surface area contributed by atoms with E-state index < -0.39 is 24.8 Å². The van der Waals surface area contributed by atoms with Crippen molar-refractivity contribution in [3.8, 4) is 0 Å². The zero-order valence-electron chi connectivity index (χ0n) is 10.2. The molecule has 1 aliphatic rings. The van der Waals surface area contributed by atoms with Crippen molar-refractivity contribution >= 4 is 23.5 Å². The Balaban J connectivity index is 2.08. The molecule has 0 aromatic heterocycles. The van der Waals surface area contributed by atoms with Gasteiger partial charge in [-0.2, -0.15) is 0 Å². The fourth-order valence-corrected chi connectivity index (χ4v) is 1.71. The lowest BCUT2D eigenvalue weighted by Crippen LogP contribution is -2.33. The van der Waals surface area contributed by atoms with Crippen LogP contribution in [0.25, 0.3) is 0 Å². The average molecular weight is 277 g/mol. The van der Waals surface area contributed by atoms with Crippen LogP contribution < -0.4 is 4.90 Å². The minimum Gasteiger partial charge on any atom is -0.479 e. The van der Waals surface area contributed by atoms with Crippen LogP contribution in [-0.2, 0) is 14.3 Å². The van der Waals surface area contributed by atoms with Gasteiger partial charge in [0, 0.05) is 11.8 Å². The first kappa shape index (κ1) is 13.8. The number of aliphatic hydroxyl groups excluding tert-OH is 1. The number of aliphatic carboxylic acids is 1. The molecule has 20 heavy (non-hydrogen) atoms. The minimum atomic E-state index is -1.24. The van der Waals surface area contributed by atoms with E-state index in [0.717, 1.165) is 4.90 Å². The molecule has 7 nitrogen and oxygen atoms in total. The molecule has 1 amide bonds. The number of carboxylic acids is 1. The number of amides is 1. The predicted molar refractivity (Wildman–Crippen MR) is 67.0 cm³/mol. The Morgan fingerprint density at radius 3 is 2.40 bits per heavy atom. The van der Waals surface area contributed by atoms with Crippen LogP contribution in [0.2, 0.25) is 0 Å². The number of esters is 1. The molecular weight excluding hydrogens is 266 g/mol. The highest BCUT2D eigenvalue weighted by Crippen LogP contribution is 2.21. The van der Waals surface area contributed by atoms with E-state index in [1.807, 2.05) is 0 Å². The number of nitrogens with zero attached hydrogens (tertiary/aromatic N) is 1. The number of aliphatic hydroxyl groups is 1. The number of hydrogen-bond donors (Lipinski definition) is 2. The Kier molecular flexibility index (Phi) is 3.81. The fourth-order valence-electron chi connectivity index (χ4n) is 1.71. The molecule has 1 atom stereocenters. The van der Waals surface area contributed by atoms with E-state index >= 15 is 0 Å². The van der Waals surface area contributed by atoms with Gasteiger partial charge in [0.2, 0.25) is 0 Å². The van der Waals surface area contributed by atoms with Crippen LogP contribution in [-0.4, -0.2) is 40.9 Å². The Morgan fingerprint density at radius 1 is 1.25 bits per heavy atom. The van der Waals surface area contributed by atoms with Crippen molar-refractivity contribution in [2.75, 3.05) is 11.5 Å². The number of anilines is 1. The maximum atomic E-state index is 11.5. The summed E-state index contributed by atoms with van der Waals surface area (Å²) < 4.78 is 4.52. The molecular formula is C13H11NO6. The van der Waals surface area contributed by atoms with Gasteiger partial charge >= 0.3 is 11.9 Å². The lowest BCUT2D eigenvalue weighted by Gasteiger charge is -2.20. The molecule has 7 heteroatoms. The normalized spacial score (nSPS) is 17.4. The van der Waals surface area contributed by atoms with Gasteiger partial charge in [-0.05, 0) is 30.3 Å². The van der Waals surface area contributed by atoms with Crippen molar-refractivity contribution in [1.82, 2.24) is 0 Å². The Hall–Kier alpha value is -2.67. The largest absolute Gasteiger partial charge is 0.479 e. The molecule has 104 valence electrons. The van der Waals surface area contributed by atoms with E-state index in [1.54, 1.807) is 0 Å². The highest BCUT2D eigenvalue weighted by atomic mass is 16.5. The van der Waals surface area contributed by atoms with Crippen molar-refractivity contribution < 1.29 is 29.3 Å². The Labute approximate surface area is 113 Å². The Bertz CT molecular complexity index is 577. The molecule has 0 aliphatic carbocycles. The monoisotopic (exact) mass is 277 g/mol. The van der Waals surface area contributed by atoms with Gasteiger partial charge in [0.05, 0.1) is 5.56 Å². The average Bonchev–Trinajstić information content (AvgIpc) is 2.76. The quantitative estimate of drug-likeness (QED) is 0.759. The number of carbonyl (C=O) groups is 3. The minimum absolute atomic E-state index is 0.157. The van der Waals surface area contributed by atoms with Gasteiger partial charge < -0.3 is 14.9 Å². The van der Waals surface area contributed by atoms with Gasteiger partial charge in [-0.15, -0.1) is 0 Å². The zero-order chi connectivity index (χ0) is 14.7. The number of benzene rings is 1. The van der Waals surface area contributed by atoms with Crippen LogP contribution in [0, 0.1) is 0 Å². The van der Waals surface area contributed by atoms with E-state index in [0.29, 0.717) is 5.69 Å². The summed E-state index contributed by atoms with van der Waals surface area (Å²) in [6.07, 6.45) is 1.56. The first-order valence-electron chi connectivity index (χ1n) is 5.67. The molecule has 0 radical (unpaired) electrons. The molecule has 1 unspecified atom stereocenters. The summed E-state index contributed by atoms with van der Waals surface area (Å²) in [4.78, 5) is 34.4. The highest BCUT2D eigenvalue weighted by Gasteiger charge is 2.25. The van der Waals surface area contributed by atoms with Gasteiger partial charge in [0.1, 0.15) is 0 Å². The molecule has 0 spiro atoms. The molecule has 1 aromatic rings. The van der Waals surface area contributed by atoms with Crippen LogP contribution in [0.4, 0.5) is 5.69 Å². The second kappa shape index (κ2) is 5.54. The van der Waals surface area contributed by atoms with E-state index in [-0.39, 0.29) is 11.5 Å². The molecule has 0 saturated carbocycles. The van der Waals surface area contributed by atoms with Crippen LogP contribution in [0.15, 0.2) is 36.4 Å². The van der Waals surface area contributed by atoms with Gasteiger partial charge in [0.15, 0.2) is 12.8 Å².